The Hall–Kier alpha value is -2.70. The molecule has 1 aliphatic rings. The van der Waals surface area contributed by atoms with Gasteiger partial charge in [-0.05, 0) is 43.9 Å². The van der Waals surface area contributed by atoms with Gasteiger partial charge in [-0.15, -0.1) is 0 Å². The summed E-state index contributed by atoms with van der Waals surface area (Å²) in [6.45, 7) is 10.3. The third-order valence-corrected chi connectivity index (χ3v) is 4.31. The summed E-state index contributed by atoms with van der Waals surface area (Å²) in [6, 6.07) is 4.44. The molecule has 0 aliphatic carbocycles. The van der Waals surface area contributed by atoms with Crippen molar-refractivity contribution >= 4 is 12.0 Å². The Bertz CT molecular complexity index is 770. The molecule has 0 saturated carbocycles. The number of methoxy groups -OCH3 is 1. The van der Waals surface area contributed by atoms with Crippen LogP contribution in [0.3, 0.4) is 0 Å². The lowest BCUT2D eigenvalue weighted by Crippen LogP contribution is -2.46. The number of allylic oxidation sites excluding steroid dienone is 1. The van der Waals surface area contributed by atoms with Crippen LogP contribution in [0.2, 0.25) is 0 Å². The van der Waals surface area contributed by atoms with Crippen molar-refractivity contribution in [3.63, 3.8) is 0 Å². The van der Waals surface area contributed by atoms with Gasteiger partial charge in [0.05, 0.1) is 31.4 Å². The fourth-order valence-corrected chi connectivity index (χ4v) is 3.07. The topological polar surface area (TPSA) is 85.9 Å². The van der Waals surface area contributed by atoms with Gasteiger partial charge in [0.15, 0.2) is 11.5 Å². The molecular weight excluding hydrogens is 372 g/mol. The molecule has 0 fully saturated rings. The van der Waals surface area contributed by atoms with Crippen LogP contribution >= 0.6 is 0 Å². The summed E-state index contributed by atoms with van der Waals surface area (Å²) in [5.41, 5.74) is 1.72. The molecule has 160 valence electrons. The first-order valence-corrected chi connectivity index (χ1v) is 10.1. The van der Waals surface area contributed by atoms with E-state index in [2.05, 4.69) is 24.5 Å². The van der Waals surface area contributed by atoms with Gasteiger partial charge in [-0.25, -0.2) is 9.59 Å². The first-order chi connectivity index (χ1) is 13.8. The SMILES string of the molecule is CCCC1=C(C(=O)OC(C)C)C(c2ccc(OCC(C)C)c(OC)c2)NC(=O)N1. The van der Waals surface area contributed by atoms with Crippen molar-refractivity contribution in [2.45, 2.75) is 59.6 Å². The summed E-state index contributed by atoms with van der Waals surface area (Å²) in [7, 11) is 1.56. The second-order valence-electron chi connectivity index (χ2n) is 7.74. The van der Waals surface area contributed by atoms with Crippen LogP contribution in [0.15, 0.2) is 29.5 Å². The van der Waals surface area contributed by atoms with Gasteiger partial charge in [0.1, 0.15) is 0 Å². The molecule has 0 radical (unpaired) electrons. The van der Waals surface area contributed by atoms with E-state index in [1.54, 1.807) is 33.1 Å². The molecule has 1 atom stereocenters. The van der Waals surface area contributed by atoms with Gasteiger partial charge in [0.2, 0.25) is 0 Å². The van der Waals surface area contributed by atoms with E-state index >= 15 is 0 Å². The van der Waals surface area contributed by atoms with Crippen LogP contribution in [-0.2, 0) is 9.53 Å². The van der Waals surface area contributed by atoms with E-state index in [1.165, 1.54) is 0 Å². The summed E-state index contributed by atoms with van der Waals surface area (Å²) in [5, 5.41) is 5.61. The molecule has 2 rings (SSSR count). The molecule has 1 unspecified atom stereocenters. The average molecular weight is 405 g/mol. The largest absolute Gasteiger partial charge is 0.493 e. The molecule has 2 N–H and O–H groups in total. The molecular formula is C22H32N2O5. The van der Waals surface area contributed by atoms with Crippen LogP contribution in [0.5, 0.6) is 11.5 Å². The summed E-state index contributed by atoms with van der Waals surface area (Å²) in [6.07, 6.45) is 1.09. The second-order valence-corrected chi connectivity index (χ2v) is 7.74. The lowest BCUT2D eigenvalue weighted by molar-refractivity contribution is -0.143. The van der Waals surface area contributed by atoms with Crippen LogP contribution in [0.1, 0.15) is 59.1 Å². The number of nitrogens with one attached hydrogen (secondary N) is 2. The lowest BCUT2D eigenvalue weighted by Gasteiger charge is -2.30. The second kappa shape index (κ2) is 10.2. The van der Waals surface area contributed by atoms with Crippen LogP contribution in [0.4, 0.5) is 4.79 Å². The van der Waals surface area contributed by atoms with E-state index in [0.29, 0.717) is 41.7 Å². The number of urea groups is 1. The Morgan fingerprint density at radius 3 is 2.48 bits per heavy atom. The van der Waals surface area contributed by atoms with Crippen molar-refractivity contribution < 1.29 is 23.8 Å². The molecule has 29 heavy (non-hydrogen) atoms. The Labute approximate surface area is 172 Å². The summed E-state index contributed by atoms with van der Waals surface area (Å²) < 4.78 is 16.8. The summed E-state index contributed by atoms with van der Waals surface area (Å²) >= 11 is 0. The highest BCUT2D eigenvalue weighted by Crippen LogP contribution is 2.35. The Balaban J connectivity index is 2.46. The maximum atomic E-state index is 12.9. The van der Waals surface area contributed by atoms with Gasteiger partial charge >= 0.3 is 12.0 Å². The third-order valence-electron chi connectivity index (χ3n) is 4.31. The standard InChI is InChI=1S/C22H32N2O5/c1-7-8-16-19(21(25)29-14(4)5)20(24-22(26)23-16)15-9-10-17(18(11-15)27-6)28-12-13(2)3/h9-11,13-14,20H,7-8,12H2,1-6H3,(H2,23,24,26). The van der Waals surface area contributed by atoms with Crippen molar-refractivity contribution in [2.75, 3.05) is 13.7 Å². The van der Waals surface area contributed by atoms with Gasteiger partial charge in [0.25, 0.3) is 0 Å². The smallest absolute Gasteiger partial charge is 0.338 e. The Morgan fingerprint density at radius 2 is 1.90 bits per heavy atom. The molecule has 7 heteroatoms. The van der Waals surface area contributed by atoms with Crippen LogP contribution in [0, 0.1) is 5.92 Å². The van der Waals surface area contributed by atoms with E-state index in [-0.39, 0.29) is 12.1 Å². The van der Waals surface area contributed by atoms with Crippen LogP contribution < -0.4 is 20.1 Å². The van der Waals surface area contributed by atoms with Crippen molar-refractivity contribution in [3.05, 3.63) is 35.0 Å². The molecule has 7 nitrogen and oxygen atoms in total. The lowest BCUT2D eigenvalue weighted by atomic mass is 9.93. The quantitative estimate of drug-likeness (QED) is 0.606. The Morgan fingerprint density at radius 1 is 1.17 bits per heavy atom. The monoisotopic (exact) mass is 404 g/mol. The van der Waals surface area contributed by atoms with Gasteiger partial charge in [-0.2, -0.15) is 0 Å². The summed E-state index contributed by atoms with van der Waals surface area (Å²) in [5.74, 6) is 1.10. The highest BCUT2D eigenvalue weighted by Gasteiger charge is 2.34. The number of benzene rings is 1. The number of amides is 2. The van der Waals surface area contributed by atoms with Gasteiger partial charge in [-0.1, -0.05) is 33.3 Å². The maximum absolute atomic E-state index is 12.9. The van der Waals surface area contributed by atoms with E-state index in [0.717, 1.165) is 12.0 Å². The fraction of sp³-hybridized carbons (Fsp3) is 0.545. The van der Waals surface area contributed by atoms with E-state index in [4.69, 9.17) is 14.2 Å². The zero-order chi connectivity index (χ0) is 21.6. The van der Waals surface area contributed by atoms with E-state index < -0.39 is 12.0 Å². The fourth-order valence-electron chi connectivity index (χ4n) is 3.07. The molecule has 0 saturated heterocycles. The van der Waals surface area contributed by atoms with Gasteiger partial charge in [-0.3, -0.25) is 0 Å². The van der Waals surface area contributed by atoms with E-state index in [1.807, 2.05) is 13.0 Å². The highest BCUT2D eigenvalue weighted by molar-refractivity contribution is 5.95. The van der Waals surface area contributed by atoms with Crippen molar-refractivity contribution in [3.8, 4) is 11.5 Å². The molecule has 1 aliphatic heterocycles. The molecule has 0 aromatic heterocycles. The molecule has 0 bridgehead atoms. The zero-order valence-electron chi connectivity index (χ0n) is 18.1. The average Bonchev–Trinajstić information content (AvgIpc) is 2.65. The minimum Gasteiger partial charge on any atom is -0.493 e. The first kappa shape index (κ1) is 22.6. The number of hydrogen-bond donors (Lipinski definition) is 2. The predicted octanol–water partition coefficient (Wildman–Crippen LogP) is 4.09. The highest BCUT2D eigenvalue weighted by atomic mass is 16.5. The van der Waals surface area contributed by atoms with Crippen molar-refractivity contribution in [2.24, 2.45) is 5.92 Å². The number of esters is 1. The molecule has 1 heterocycles. The number of hydrogen-bond acceptors (Lipinski definition) is 5. The minimum atomic E-state index is -0.635. The third kappa shape index (κ3) is 5.89. The normalized spacial score (nSPS) is 16.6. The number of carbonyl (C=O) groups is 2. The molecule has 0 spiro atoms. The number of rotatable bonds is 9. The number of carbonyl (C=O) groups excluding carboxylic acids is 2. The first-order valence-electron chi connectivity index (χ1n) is 10.1. The van der Waals surface area contributed by atoms with Gasteiger partial charge < -0.3 is 24.8 Å². The van der Waals surface area contributed by atoms with E-state index in [9.17, 15) is 9.59 Å². The molecule has 1 aromatic carbocycles. The summed E-state index contributed by atoms with van der Waals surface area (Å²) in [4.78, 5) is 25.1. The molecule has 2 amide bonds. The van der Waals surface area contributed by atoms with Crippen molar-refractivity contribution in [1.82, 2.24) is 10.6 Å². The molecule has 1 aromatic rings. The van der Waals surface area contributed by atoms with Crippen LogP contribution in [-0.4, -0.2) is 31.8 Å². The Kier molecular flexibility index (Phi) is 7.93. The van der Waals surface area contributed by atoms with Crippen molar-refractivity contribution in [1.29, 1.82) is 0 Å². The van der Waals surface area contributed by atoms with Gasteiger partial charge in [0, 0.05) is 5.70 Å². The minimum absolute atomic E-state index is 0.266. The van der Waals surface area contributed by atoms with Crippen LogP contribution in [0.25, 0.3) is 0 Å². The zero-order valence-corrected chi connectivity index (χ0v) is 18.1. The maximum Gasteiger partial charge on any atom is 0.338 e. The number of ether oxygens (including phenoxy) is 3. The predicted molar refractivity (Wildman–Crippen MR) is 111 cm³/mol.